The molecule has 0 bridgehead atoms. The van der Waals surface area contributed by atoms with E-state index in [9.17, 15) is 8.42 Å². The smallest absolute Gasteiger partial charge is 0.211 e. The lowest BCUT2D eigenvalue weighted by molar-refractivity contribution is 0.576. The minimum atomic E-state index is -3.06. The Bertz CT molecular complexity index is 414. The van der Waals surface area contributed by atoms with Crippen molar-refractivity contribution in [3.63, 3.8) is 0 Å². The maximum absolute atomic E-state index is 11.1. The van der Waals surface area contributed by atoms with Gasteiger partial charge in [0.25, 0.3) is 0 Å². The highest BCUT2D eigenvalue weighted by Crippen LogP contribution is 2.06. The van der Waals surface area contributed by atoms with E-state index in [4.69, 9.17) is 0 Å². The van der Waals surface area contributed by atoms with Crippen molar-refractivity contribution >= 4 is 21.4 Å². The standard InChI is InChI=1S/C9H17N3O2S2/c1-3-16(13,14)11-5-4-10-6-9-7-15-8(2)12-9/h7,10-11H,3-6H2,1-2H3. The second kappa shape index (κ2) is 6.29. The Balaban J connectivity index is 2.13. The summed E-state index contributed by atoms with van der Waals surface area (Å²) in [7, 11) is -3.06. The highest BCUT2D eigenvalue weighted by molar-refractivity contribution is 7.89. The van der Waals surface area contributed by atoms with Crippen molar-refractivity contribution in [3.8, 4) is 0 Å². The van der Waals surface area contributed by atoms with E-state index in [2.05, 4.69) is 15.0 Å². The van der Waals surface area contributed by atoms with Gasteiger partial charge in [0.15, 0.2) is 0 Å². The first-order valence-corrected chi connectivity index (χ1v) is 7.66. The van der Waals surface area contributed by atoms with Crippen LogP contribution in [-0.4, -0.2) is 32.2 Å². The maximum Gasteiger partial charge on any atom is 0.211 e. The van der Waals surface area contributed by atoms with Crippen LogP contribution in [-0.2, 0) is 16.6 Å². The Morgan fingerprint density at radius 2 is 2.19 bits per heavy atom. The molecule has 0 fully saturated rings. The van der Waals surface area contributed by atoms with Crippen molar-refractivity contribution in [2.75, 3.05) is 18.8 Å². The van der Waals surface area contributed by atoms with Crippen molar-refractivity contribution in [3.05, 3.63) is 16.1 Å². The van der Waals surface area contributed by atoms with E-state index in [1.54, 1.807) is 18.3 Å². The van der Waals surface area contributed by atoms with E-state index in [-0.39, 0.29) is 5.75 Å². The molecule has 0 atom stereocenters. The maximum atomic E-state index is 11.1. The van der Waals surface area contributed by atoms with Gasteiger partial charge in [0.2, 0.25) is 10.0 Å². The van der Waals surface area contributed by atoms with Crippen molar-refractivity contribution in [2.24, 2.45) is 0 Å². The molecule has 0 saturated heterocycles. The first-order valence-electron chi connectivity index (χ1n) is 5.12. The molecule has 16 heavy (non-hydrogen) atoms. The topological polar surface area (TPSA) is 71.1 Å². The fourth-order valence-electron chi connectivity index (χ4n) is 1.10. The number of nitrogens with one attached hydrogen (secondary N) is 2. The van der Waals surface area contributed by atoms with Crippen LogP contribution in [0.2, 0.25) is 0 Å². The molecule has 92 valence electrons. The van der Waals surface area contributed by atoms with Gasteiger partial charge < -0.3 is 5.32 Å². The minimum absolute atomic E-state index is 0.123. The fraction of sp³-hybridized carbons (Fsp3) is 0.667. The van der Waals surface area contributed by atoms with Crippen LogP contribution >= 0.6 is 11.3 Å². The fourth-order valence-corrected chi connectivity index (χ4v) is 2.33. The van der Waals surface area contributed by atoms with Gasteiger partial charge >= 0.3 is 0 Å². The number of rotatable bonds is 7. The normalized spacial score (nSPS) is 11.9. The molecule has 0 aliphatic carbocycles. The van der Waals surface area contributed by atoms with Crippen LogP contribution in [0, 0.1) is 6.92 Å². The number of hydrogen-bond acceptors (Lipinski definition) is 5. The molecule has 0 unspecified atom stereocenters. The third-order valence-corrected chi connectivity index (χ3v) is 4.20. The van der Waals surface area contributed by atoms with Gasteiger partial charge in [0, 0.05) is 25.0 Å². The Morgan fingerprint density at radius 3 is 2.75 bits per heavy atom. The molecular weight excluding hydrogens is 246 g/mol. The van der Waals surface area contributed by atoms with E-state index in [0.717, 1.165) is 10.7 Å². The molecule has 0 saturated carbocycles. The third-order valence-electron chi connectivity index (χ3n) is 1.98. The van der Waals surface area contributed by atoms with Crippen LogP contribution in [0.4, 0.5) is 0 Å². The number of hydrogen-bond donors (Lipinski definition) is 2. The molecule has 1 aromatic heterocycles. The summed E-state index contributed by atoms with van der Waals surface area (Å²) in [5.74, 6) is 0.123. The van der Waals surface area contributed by atoms with Crippen LogP contribution in [0.25, 0.3) is 0 Å². The number of thiazole rings is 1. The zero-order valence-electron chi connectivity index (χ0n) is 9.49. The molecule has 5 nitrogen and oxygen atoms in total. The van der Waals surface area contributed by atoms with E-state index in [1.165, 1.54) is 0 Å². The largest absolute Gasteiger partial charge is 0.310 e. The van der Waals surface area contributed by atoms with Crippen LogP contribution in [0.5, 0.6) is 0 Å². The van der Waals surface area contributed by atoms with Gasteiger partial charge in [-0.25, -0.2) is 18.1 Å². The Morgan fingerprint density at radius 1 is 1.44 bits per heavy atom. The van der Waals surface area contributed by atoms with E-state index < -0.39 is 10.0 Å². The number of aryl methyl sites for hydroxylation is 1. The summed E-state index contributed by atoms with van der Waals surface area (Å²) in [6.45, 7) is 5.28. The van der Waals surface area contributed by atoms with E-state index in [1.807, 2.05) is 12.3 Å². The minimum Gasteiger partial charge on any atom is -0.310 e. The second-order valence-corrected chi connectivity index (χ2v) is 6.49. The van der Waals surface area contributed by atoms with Gasteiger partial charge in [-0.3, -0.25) is 0 Å². The van der Waals surface area contributed by atoms with Gasteiger partial charge in [-0.05, 0) is 13.8 Å². The van der Waals surface area contributed by atoms with Gasteiger partial charge in [0.1, 0.15) is 0 Å². The molecule has 1 heterocycles. The van der Waals surface area contributed by atoms with Gasteiger partial charge in [0.05, 0.1) is 16.5 Å². The summed E-state index contributed by atoms with van der Waals surface area (Å²) in [4.78, 5) is 4.29. The van der Waals surface area contributed by atoms with Crippen molar-refractivity contribution in [2.45, 2.75) is 20.4 Å². The van der Waals surface area contributed by atoms with Crippen LogP contribution in [0.1, 0.15) is 17.6 Å². The molecule has 0 aromatic carbocycles. The summed E-state index contributed by atoms with van der Waals surface area (Å²) < 4.78 is 24.7. The first kappa shape index (κ1) is 13.6. The third kappa shape index (κ3) is 5.02. The molecule has 2 N–H and O–H groups in total. The Labute approximate surface area is 100 Å². The summed E-state index contributed by atoms with van der Waals surface area (Å²) in [6, 6.07) is 0. The zero-order valence-corrected chi connectivity index (χ0v) is 11.1. The molecule has 7 heteroatoms. The summed E-state index contributed by atoms with van der Waals surface area (Å²) in [5.41, 5.74) is 1.00. The lowest BCUT2D eigenvalue weighted by Gasteiger charge is -2.04. The molecule has 0 amide bonds. The van der Waals surface area contributed by atoms with Gasteiger partial charge in [-0.2, -0.15) is 0 Å². The summed E-state index contributed by atoms with van der Waals surface area (Å²) in [5, 5.41) is 6.17. The monoisotopic (exact) mass is 263 g/mol. The summed E-state index contributed by atoms with van der Waals surface area (Å²) >= 11 is 1.61. The zero-order chi connectivity index (χ0) is 12.0. The van der Waals surface area contributed by atoms with Gasteiger partial charge in [-0.1, -0.05) is 0 Å². The first-order chi connectivity index (χ1) is 7.53. The Hall–Kier alpha value is -0.500. The van der Waals surface area contributed by atoms with Crippen molar-refractivity contribution < 1.29 is 8.42 Å². The molecule has 0 radical (unpaired) electrons. The van der Waals surface area contributed by atoms with Crippen LogP contribution < -0.4 is 10.0 Å². The van der Waals surface area contributed by atoms with Crippen LogP contribution in [0.3, 0.4) is 0 Å². The Kier molecular flexibility index (Phi) is 5.33. The lowest BCUT2D eigenvalue weighted by Crippen LogP contribution is -2.32. The molecule has 0 spiro atoms. The number of sulfonamides is 1. The molecule has 1 aromatic rings. The van der Waals surface area contributed by atoms with Gasteiger partial charge in [-0.15, -0.1) is 11.3 Å². The molecule has 1 rings (SSSR count). The highest BCUT2D eigenvalue weighted by Gasteiger charge is 2.04. The quantitative estimate of drug-likeness (QED) is 0.702. The lowest BCUT2D eigenvalue weighted by atomic mass is 10.5. The van der Waals surface area contributed by atoms with E-state index >= 15 is 0 Å². The SMILES string of the molecule is CCS(=O)(=O)NCCNCc1csc(C)n1. The molecule has 0 aliphatic rings. The number of nitrogens with zero attached hydrogens (tertiary/aromatic N) is 1. The number of aromatic nitrogens is 1. The van der Waals surface area contributed by atoms with E-state index in [0.29, 0.717) is 19.6 Å². The second-order valence-electron chi connectivity index (χ2n) is 3.33. The van der Waals surface area contributed by atoms with Crippen molar-refractivity contribution in [1.82, 2.24) is 15.0 Å². The predicted octanol–water partition coefficient (Wildman–Crippen LogP) is 0.480. The highest BCUT2D eigenvalue weighted by atomic mass is 32.2. The van der Waals surface area contributed by atoms with Crippen LogP contribution in [0.15, 0.2) is 5.38 Å². The predicted molar refractivity (Wildman–Crippen MR) is 66.0 cm³/mol. The average molecular weight is 263 g/mol. The summed E-state index contributed by atoms with van der Waals surface area (Å²) in [6.07, 6.45) is 0. The molecule has 0 aliphatic heterocycles. The van der Waals surface area contributed by atoms with Crippen molar-refractivity contribution in [1.29, 1.82) is 0 Å². The average Bonchev–Trinajstić information content (AvgIpc) is 2.64. The molecular formula is C9H17N3O2S2.